The number of aliphatic hydroxyl groups is 2. The van der Waals surface area contributed by atoms with E-state index in [2.05, 4.69) is 0 Å². The summed E-state index contributed by atoms with van der Waals surface area (Å²) in [5.41, 5.74) is 1.89. The highest BCUT2D eigenvalue weighted by atomic mass is 16.5. The van der Waals surface area contributed by atoms with E-state index in [0.717, 1.165) is 28.1 Å². The van der Waals surface area contributed by atoms with Gasteiger partial charge in [-0.3, -0.25) is 14.5 Å². The summed E-state index contributed by atoms with van der Waals surface area (Å²) in [7, 11) is 0. The highest BCUT2D eigenvalue weighted by Crippen LogP contribution is 2.59. The number of para-hydroxylation sites is 2. The molecule has 0 saturated carbocycles. The number of hydrogen-bond donors (Lipinski definition) is 2. The normalized spacial score (nSPS) is 27.7. The number of benzene rings is 3. The zero-order valence-electron chi connectivity index (χ0n) is 23.2. The Morgan fingerprint density at radius 1 is 1.00 bits per heavy atom. The van der Waals surface area contributed by atoms with Gasteiger partial charge in [0.2, 0.25) is 5.91 Å². The summed E-state index contributed by atoms with van der Waals surface area (Å²) in [6, 6.07) is 24.8. The van der Waals surface area contributed by atoms with Gasteiger partial charge in [-0.2, -0.15) is 0 Å². The van der Waals surface area contributed by atoms with Crippen LogP contribution in [0.5, 0.6) is 0 Å². The van der Waals surface area contributed by atoms with E-state index in [1.165, 1.54) is 0 Å². The maximum absolute atomic E-state index is 14.4. The van der Waals surface area contributed by atoms with Crippen molar-refractivity contribution in [3.05, 3.63) is 95.6 Å². The molecule has 3 aliphatic rings. The molecule has 0 aromatic heterocycles. The van der Waals surface area contributed by atoms with Crippen LogP contribution in [-0.4, -0.2) is 51.3 Å². The number of amides is 2. The maximum atomic E-state index is 14.4. The predicted molar refractivity (Wildman–Crippen MR) is 152 cm³/mol. The fraction of sp³-hybridized carbons (Fsp3) is 0.394. The standard InChI is InChI=1S/C33H36N2O5/c1-21-30(32(2,3)39)28(18-29(37)34-19-23-12-8-7-11-22(23)17-25(34)20-36)40-33(21)26-15-9-10-16-27(26)35(31(33)38)24-13-5-4-6-14-24/h4-16,21,25,28,30,36,39H,17-20H2,1-3H3/t21-,25+,28+,30-,33+/m1/s1. The first kappa shape index (κ1) is 26.7. The van der Waals surface area contributed by atoms with Crippen LogP contribution in [0.2, 0.25) is 0 Å². The molecule has 0 aliphatic carbocycles. The van der Waals surface area contributed by atoms with Gasteiger partial charge in [-0.1, -0.05) is 67.6 Å². The zero-order chi connectivity index (χ0) is 28.2. The van der Waals surface area contributed by atoms with Gasteiger partial charge in [-0.15, -0.1) is 0 Å². The molecule has 208 valence electrons. The topological polar surface area (TPSA) is 90.3 Å². The molecule has 2 amide bonds. The number of aliphatic hydroxyl groups excluding tert-OH is 1. The lowest BCUT2D eigenvalue weighted by molar-refractivity contribution is -0.151. The number of anilines is 2. The molecule has 7 heteroatoms. The fourth-order valence-corrected chi connectivity index (χ4v) is 7.32. The summed E-state index contributed by atoms with van der Waals surface area (Å²) in [4.78, 5) is 31.7. The van der Waals surface area contributed by atoms with Gasteiger partial charge in [0.25, 0.3) is 5.91 Å². The summed E-state index contributed by atoms with van der Waals surface area (Å²) in [6.07, 6.45) is -0.121. The lowest BCUT2D eigenvalue weighted by Gasteiger charge is -2.38. The van der Waals surface area contributed by atoms with Crippen molar-refractivity contribution in [2.75, 3.05) is 11.5 Å². The Bertz CT molecular complexity index is 1430. The number of hydrogen-bond acceptors (Lipinski definition) is 5. The first-order chi connectivity index (χ1) is 19.2. The average molecular weight is 541 g/mol. The van der Waals surface area contributed by atoms with Crippen LogP contribution in [0.3, 0.4) is 0 Å². The Kier molecular flexibility index (Phi) is 6.56. The van der Waals surface area contributed by atoms with Crippen molar-refractivity contribution >= 4 is 23.2 Å². The first-order valence-corrected chi connectivity index (χ1v) is 14.0. The Hall–Kier alpha value is -3.52. The van der Waals surface area contributed by atoms with E-state index in [4.69, 9.17) is 4.74 Å². The molecule has 2 N–H and O–H groups in total. The van der Waals surface area contributed by atoms with Gasteiger partial charge in [-0.05, 0) is 49.6 Å². The number of nitrogens with zero attached hydrogens (tertiary/aromatic N) is 2. The largest absolute Gasteiger partial charge is 0.394 e. The SMILES string of the molecule is C[C@@H]1[C@@H](C(C)(C)O)[C@H](CC(=O)N2Cc3ccccc3C[C@H]2CO)O[C@@]12C(=O)N(c1ccccc1)c1ccccc12. The molecule has 0 bridgehead atoms. The molecule has 0 radical (unpaired) electrons. The molecule has 7 nitrogen and oxygen atoms in total. The summed E-state index contributed by atoms with van der Waals surface area (Å²) in [5.74, 6) is -1.27. The van der Waals surface area contributed by atoms with Crippen LogP contribution in [0.4, 0.5) is 11.4 Å². The third-order valence-corrected chi connectivity index (χ3v) is 9.08. The van der Waals surface area contributed by atoms with E-state index < -0.39 is 29.1 Å². The summed E-state index contributed by atoms with van der Waals surface area (Å²) >= 11 is 0. The molecule has 1 spiro atoms. The third-order valence-electron chi connectivity index (χ3n) is 9.08. The van der Waals surface area contributed by atoms with E-state index in [1.807, 2.05) is 85.8 Å². The summed E-state index contributed by atoms with van der Waals surface area (Å²) in [5, 5.41) is 21.6. The summed E-state index contributed by atoms with van der Waals surface area (Å²) < 4.78 is 6.79. The van der Waals surface area contributed by atoms with Gasteiger partial charge in [0.1, 0.15) is 0 Å². The third kappa shape index (κ3) is 4.07. The van der Waals surface area contributed by atoms with E-state index in [0.29, 0.717) is 13.0 Å². The van der Waals surface area contributed by atoms with Crippen LogP contribution < -0.4 is 4.90 Å². The monoisotopic (exact) mass is 540 g/mol. The molecule has 6 rings (SSSR count). The van der Waals surface area contributed by atoms with Crippen LogP contribution in [-0.2, 0) is 32.9 Å². The Morgan fingerprint density at radius 2 is 1.65 bits per heavy atom. The van der Waals surface area contributed by atoms with Crippen LogP contribution in [0, 0.1) is 11.8 Å². The highest BCUT2D eigenvalue weighted by Gasteiger charge is 2.66. The fourth-order valence-electron chi connectivity index (χ4n) is 7.32. The lowest BCUT2D eigenvalue weighted by Crippen LogP contribution is -2.48. The molecule has 1 fully saturated rings. The van der Waals surface area contributed by atoms with Gasteiger partial charge in [-0.25, -0.2) is 0 Å². The smallest absolute Gasteiger partial charge is 0.268 e. The minimum absolute atomic E-state index is 0.000196. The van der Waals surface area contributed by atoms with Crippen LogP contribution in [0.25, 0.3) is 0 Å². The molecule has 3 aliphatic heterocycles. The van der Waals surface area contributed by atoms with Crippen molar-refractivity contribution in [2.24, 2.45) is 11.8 Å². The molecular weight excluding hydrogens is 504 g/mol. The van der Waals surface area contributed by atoms with Crippen LogP contribution in [0.1, 0.15) is 43.9 Å². The molecular formula is C33H36N2O5. The molecule has 3 heterocycles. The van der Waals surface area contributed by atoms with Crippen molar-refractivity contribution in [1.29, 1.82) is 0 Å². The van der Waals surface area contributed by atoms with E-state index in [1.54, 1.807) is 23.6 Å². The van der Waals surface area contributed by atoms with Crippen LogP contribution >= 0.6 is 0 Å². The van der Waals surface area contributed by atoms with Crippen LogP contribution in [0.15, 0.2) is 78.9 Å². The Labute approximate surface area is 235 Å². The molecule has 3 aromatic rings. The van der Waals surface area contributed by atoms with Gasteiger partial charge in [0.15, 0.2) is 5.60 Å². The van der Waals surface area contributed by atoms with Gasteiger partial charge in [0, 0.05) is 29.6 Å². The van der Waals surface area contributed by atoms with Crippen molar-refractivity contribution in [1.82, 2.24) is 4.90 Å². The minimum atomic E-state index is -1.34. The molecule has 5 atom stereocenters. The second-order valence-electron chi connectivity index (χ2n) is 11.9. The summed E-state index contributed by atoms with van der Waals surface area (Å²) in [6.45, 7) is 5.66. The molecule has 1 saturated heterocycles. The van der Waals surface area contributed by atoms with Crippen molar-refractivity contribution in [3.8, 4) is 0 Å². The number of fused-ring (bicyclic) bond motifs is 3. The molecule has 0 unspecified atom stereocenters. The zero-order valence-corrected chi connectivity index (χ0v) is 23.2. The number of ether oxygens (including phenoxy) is 1. The van der Waals surface area contributed by atoms with Crippen molar-refractivity contribution in [3.63, 3.8) is 0 Å². The second kappa shape index (κ2) is 9.84. The highest BCUT2D eigenvalue weighted by molar-refractivity contribution is 6.12. The van der Waals surface area contributed by atoms with Gasteiger partial charge >= 0.3 is 0 Å². The van der Waals surface area contributed by atoms with E-state index in [9.17, 15) is 19.8 Å². The minimum Gasteiger partial charge on any atom is -0.394 e. The molecule has 3 aromatic carbocycles. The second-order valence-corrected chi connectivity index (χ2v) is 11.9. The average Bonchev–Trinajstić information content (AvgIpc) is 3.38. The Balaban J connectivity index is 1.37. The first-order valence-electron chi connectivity index (χ1n) is 14.0. The van der Waals surface area contributed by atoms with Gasteiger partial charge in [0.05, 0.1) is 36.5 Å². The molecule has 40 heavy (non-hydrogen) atoms. The van der Waals surface area contributed by atoms with E-state index >= 15 is 0 Å². The van der Waals surface area contributed by atoms with Crippen molar-refractivity contribution < 1.29 is 24.5 Å². The number of rotatable bonds is 5. The van der Waals surface area contributed by atoms with Gasteiger partial charge < -0.3 is 19.8 Å². The number of carbonyl (C=O) groups excluding carboxylic acids is 2. The number of carbonyl (C=O) groups is 2. The quantitative estimate of drug-likeness (QED) is 0.503. The van der Waals surface area contributed by atoms with Crippen molar-refractivity contribution in [2.45, 2.75) is 63.5 Å². The Morgan fingerprint density at radius 3 is 2.35 bits per heavy atom. The van der Waals surface area contributed by atoms with E-state index in [-0.39, 0.29) is 30.9 Å². The lowest BCUT2D eigenvalue weighted by atomic mass is 9.70. The predicted octanol–water partition coefficient (Wildman–Crippen LogP) is 4.32. The maximum Gasteiger partial charge on any atom is 0.268 e.